The Bertz CT molecular complexity index is 578. The molecule has 0 bridgehead atoms. The van der Waals surface area contributed by atoms with Gasteiger partial charge in [0.2, 0.25) is 0 Å². The van der Waals surface area contributed by atoms with Gasteiger partial charge in [-0.25, -0.2) is 0 Å². The smallest absolute Gasteiger partial charge is 0.252 e. The normalized spacial score (nSPS) is 10.7. The number of fused-ring (bicyclic) bond motifs is 1. The maximum atomic E-state index is 12.3. The lowest BCUT2D eigenvalue weighted by atomic mass is 10.1. The topological polar surface area (TPSA) is 55.6 Å². The number of likely N-dealkylation sites (N-methyl/N-ethyl adjacent to an activating group) is 1. The third kappa shape index (κ3) is 3.15. The van der Waals surface area contributed by atoms with Crippen LogP contribution in [0.15, 0.2) is 42.5 Å². The summed E-state index contributed by atoms with van der Waals surface area (Å²) in [5, 5.41) is 2.20. The van der Waals surface area contributed by atoms with Crippen LogP contribution in [0.1, 0.15) is 6.92 Å². The van der Waals surface area contributed by atoms with Crippen LogP contribution in [-0.2, 0) is 9.53 Å². The molecule has 0 saturated carbocycles. The Morgan fingerprint density at radius 2 is 1.95 bits per heavy atom. The summed E-state index contributed by atoms with van der Waals surface area (Å²) in [5.41, 5.74) is 6.28. The molecule has 0 heterocycles. The van der Waals surface area contributed by atoms with Crippen molar-refractivity contribution in [1.29, 1.82) is 0 Å². The fourth-order valence-corrected chi connectivity index (χ4v) is 2.25. The molecule has 0 radical (unpaired) electrons. The standard InChI is InChI=1S/C16H20N2O2/c1-2-18(16(19)12-20-11-10-17)15-9-5-7-13-6-3-4-8-14(13)15/h3-9H,2,10-12,17H2,1H3. The van der Waals surface area contributed by atoms with Gasteiger partial charge < -0.3 is 15.4 Å². The predicted molar refractivity (Wildman–Crippen MR) is 81.8 cm³/mol. The molecule has 2 aromatic carbocycles. The molecule has 0 aliphatic carbocycles. The van der Waals surface area contributed by atoms with Crippen molar-refractivity contribution in [2.45, 2.75) is 6.92 Å². The number of amides is 1. The molecule has 0 saturated heterocycles. The minimum Gasteiger partial charge on any atom is -0.370 e. The molecule has 0 aliphatic rings. The summed E-state index contributed by atoms with van der Waals surface area (Å²) < 4.78 is 5.24. The van der Waals surface area contributed by atoms with Gasteiger partial charge >= 0.3 is 0 Å². The van der Waals surface area contributed by atoms with Crippen LogP contribution in [0.3, 0.4) is 0 Å². The average molecular weight is 272 g/mol. The van der Waals surface area contributed by atoms with Gasteiger partial charge in [0, 0.05) is 18.5 Å². The van der Waals surface area contributed by atoms with Crippen molar-refractivity contribution in [3.63, 3.8) is 0 Å². The van der Waals surface area contributed by atoms with Crippen LogP contribution in [-0.4, -0.2) is 32.2 Å². The molecule has 4 nitrogen and oxygen atoms in total. The van der Waals surface area contributed by atoms with E-state index in [0.717, 1.165) is 16.5 Å². The van der Waals surface area contributed by atoms with Gasteiger partial charge in [-0.1, -0.05) is 36.4 Å². The lowest BCUT2D eigenvalue weighted by Crippen LogP contribution is -2.34. The quantitative estimate of drug-likeness (QED) is 0.820. The molecule has 2 aromatic rings. The molecule has 20 heavy (non-hydrogen) atoms. The van der Waals surface area contributed by atoms with E-state index in [1.165, 1.54) is 0 Å². The highest BCUT2D eigenvalue weighted by molar-refractivity contribution is 6.04. The van der Waals surface area contributed by atoms with Gasteiger partial charge in [-0.15, -0.1) is 0 Å². The summed E-state index contributed by atoms with van der Waals surface area (Å²) in [6, 6.07) is 14.0. The summed E-state index contributed by atoms with van der Waals surface area (Å²) in [6.07, 6.45) is 0. The lowest BCUT2D eigenvalue weighted by Gasteiger charge is -2.22. The van der Waals surface area contributed by atoms with Gasteiger partial charge in [0.1, 0.15) is 6.61 Å². The van der Waals surface area contributed by atoms with Gasteiger partial charge in [-0.2, -0.15) is 0 Å². The molecule has 106 valence electrons. The van der Waals surface area contributed by atoms with Crippen molar-refractivity contribution in [3.8, 4) is 0 Å². The van der Waals surface area contributed by atoms with Crippen molar-refractivity contribution in [2.75, 3.05) is 31.2 Å². The Morgan fingerprint density at radius 3 is 2.70 bits per heavy atom. The first-order valence-corrected chi connectivity index (χ1v) is 6.84. The Hall–Kier alpha value is -1.91. The van der Waals surface area contributed by atoms with Gasteiger partial charge in [0.25, 0.3) is 5.91 Å². The minimum atomic E-state index is -0.0442. The van der Waals surface area contributed by atoms with E-state index < -0.39 is 0 Å². The highest BCUT2D eigenvalue weighted by Crippen LogP contribution is 2.26. The summed E-state index contributed by atoms with van der Waals surface area (Å²) in [5.74, 6) is -0.0442. The first-order chi connectivity index (χ1) is 9.77. The molecular weight excluding hydrogens is 252 g/mol. The van der Waals surface area contributed by atoms with Crippen molar-refractivity contribution in [1.82, 2.24) is 0 Å². The lowest BCUT2D eigenvalue weighted by molar-refractivity contribution is -0.122. The van der Waals surface area contributed by atoms with Crippen LogP contribution in [0.5, 0.6) is 0 Å². The first kappa shape index (κ1) is 14.5. The van der Waals surface area contributed by atoms with E-state index in [2.05, 4.69) is 0 Å². The molecule has 1 amide bonds. The van der Waals surface area contributed by atoms with Gasteiger partial charge in [0.15, 0.2) is 0 Å². The number of carbonyl (C=O) groups is 1. The van der Waals surface area contributed by atoms with Crippen LogP contribution in [0, 0.1) is 0 Å². The second kappa shape index (κ2) is 7.03. The molecule has 4 heteroatoms. The predicted octanol–water partition coefficient (Wildman–Crippen LogP) is 2.17. The number of rotatable bonds is 6. The Kier molecular flexibility index (Phi) is 5.09. The van der Waals surface area contributed by atoms with E-state index in [-0.39, 0.29) is 12.5 Å². The molecule has 2 N–H and O–H groups in total. The minimum absolute atomic E-state index is 0.0442. The molecule has 0 aliphatic heterocycles. The molecule has 0 aromatic heterocycles. The highest BCUT2D eigenvalue weighted by atomic mass is 16.5. The Balaban J connectivity index is 2.27. The molecule has 0 spiro atoms. The Morgan fingerprint density at radius 1 is 1.20 bits per heavy atom. The Labute approximate surface area is 119 Å². The summed E-state index contributed by atoms with van der Waals surface area (Å²) in [4.78, 5) is 14.0. The van der Waals surface area contributed by atoms with Crippen LogP contribution < -0.4 is 10.6 Å². The number of hydrogen-bond acceptors (Lipinski definition) is 3. The summed E-state index contributed by atoms with van der Waals surface area (Å²) >= 11 is 0. The fourth-order valence-electron chi connectivity index (χ4n) is 2.25. The van der Waals surface area contributed by atoms with Crippen LogP contribution in [0.4, 0.5) is 5.69 Å². The number of ether oxygens (including phenoxy) is 1. The maximum absolute atomic E-state index is 12.3. The number of hydrogen-bond donors (Lipinski definition) is 1. The zero-order valence-corrected chi connectivity index (χ0v) is 11.7. The summed E-state index contributed by atoms with van der Waals surface area (Å²) in [6.45, 7) is 3.46. The molecule has 0 atom stereocenters. The summed E-state index contributed by atoms with van der Waals surface area (Å²) in [7, 11) is 0. The maximum Gasteiger partial charge on any atom is 0.252 e. The highest BCUT2D eigenvalue weighted by Gasteiger charge is 2.15. The van der Waals surface area contributed by atoms with Gasteiger partial charge in [-0.3, -0.25) is 4.79 Å². The van der Waals surface area contributed by atoms with Crippen molar-refractivity contribution in [2.24, 2.45) is 5.73 Å². The van der Waals surface area contributed by atoms with E-state index in [1.54, 1.807) is 4.90 Å². The SMILES string of the molecule is CCN(C(=O)COCCN)c1cccc2ccccc12. The number of carbonyl (C=O) groups excluding carboxylic acids is 1. The van der Waals surface area contributed by atoms with Crippen LogP contribution in [0.2, 0.25) is 0 Å². The van der Waals surface area contributed by atoms with Gasteiger partial charge in [0.05, 0.1) is 12.3 Å². The number of anilines is 1. The average Bonchev–Trinajstić information content (AvgIpc) is 2.48. The molecule has 0 fully saturated rings. The molecule has 2 rings (SSSR count). The molecular formula is C16H20N2O2. The largest absolute Gasteiger partial charge is 0.370 e. The molecule has 0 unspecified atom stereocenters. The number of nitrogens with zero attached hydrogens (tertiary/aromatic N) is 1. The first-order valence-electron chi connectivity index (χ1n) is 6.84. The number of nitrogens with two attached hydrogens (primary N) is 1. The van der Waals surface area contributed by atoms with Crippen molar-refractivity contribution in [3.05, 3.63) is 42.5 Å². The van der Waals surface area contributed by atoms with E-state index in [9.17, 15) is 4.79 Å². The van der Waals surface area contributed by atoms with E-state index in [1.807, 2.05) is 49.4 Å². The van der Waals surface area contributed by atoms with Crippen LogP contribution >= 0.6 is 0 Å². The monoisotopic (exact) mass is 272 g/mol. The van der Waals surface area contributed by atoms with E-state index in [0.29, 0.717) is 19.7 Å². The van der Waals surface area contributed by atoms with E-state index >= 15 is 0 Å². The third-order valence-electron chi connectivity index (χ3n) is 3.16. The second-order valence-corrected chi connectivity index (χ2v) is 4.48. The van der Waals surface area contributed by atoms with Crippen LogP contribution in [0.25, 0.3) is 10.8 Å². The zero-order valence-electron chi connectivity index (χ0n) is 11.7. The van der Waals surface area contributed by atoms with E-state index in [4.69, 9.17) is 10.5 Å². The third-order valence-corrected chi connectivity index (χ3v) is 3.16. The van der Waals surface area contributed by atoms with Crippen molar-refractivity contribution < 1.29 is 9.53 Å². The fraction of sp³-hybridized carbons (Fsp3) is 0.312. The zero-order chi connectivity index (χ0) is 14.4. The van der Waals surface area contributed by atoms with Gasteiger partial charge in [-0.05, 0) is 18.4 Å². The number of benzene rings is 2. The second-order valence-electron chi connectivity index (χ2n) is 4.48. The van der Waals surface area contributed by atoms with Crippen molar-refractivity contribution >= 4 is 22.4 Å².